The average Bonchev–Trinajstić information content (AvgIpc) is 3.27. The molecule has 192 valence electrons. The van der Waals surface area contributed by atoms with Gasteiger partial charge in [0, 0.05) is 26.5 Å². The van der Waals surface area contributed by atoms with Crippen LogP contribution in [0.2, 0.25) is 0 Å². The van der Waals surface area contributed by atoms with E-state index in [1.807, 2.05) is 0 Å². The molecule has 8 nitrogen and oxygen atoms in total. The Kier molecular flexibility index (Phi) is 8.35. The minimum atomic E-state index is -5.08. The molecule has 1 saturated heterocycles. The SMILES string of the molecule is COCc1nn2c(CN3CC(CC(F)(F)Cl)CC3=O)c(C(F)(F)F)nc2s1.O=C(O)C(F)(F)F. The molecule has 2 aromatic rings. The van der Waals surface area contributed by atoms with Crippen molar-refractivity contribution in [3.05, 3.63) is 16.4 Å². The maximum atomic E-state index is 13.3. The molecule has 18 heteroatoms. The Morgan fingerprint density at radius 2 is 1.82 bits per heavy atom. The third kappa shape index (κ3) is 7.36. The first kappa shape index (κ1) is 28.0. The van der Waals surface area contributed by atoms with Gasteiger partial charge < -0.3 is 14.7 Å². The number of rotatable bonds is 6. The number of carbonyl (C=O) groups is 2. The van der Waals surface area contributed by atoms with Crippen LogP contribution < -0.4 is 0 Å². The topological polar surface area (TPSA) is 97.0 Å². The first-order valence-corrected chi connectivity index (χ1v) is 10.2. The summed E-state index contributed by atoms with van der Waals surface area (Å²) in [6, 6.07) is 0. The van der Waals surface area contributed by atoms with Gasteiger partial charge in [0.05, 0.1) is 18.8 Å². The predicted molar refractivity (Wildman–Crippen MR) is 99.2 cm³/mol. The molecule has 1 atom stereocenters. The number of hydrogen-bond acceptors (Lipinski definition) is 6. The lowest BCUT2D eigenvalue weighted by Gasteiger charge is -2.18. The summed E-state index contributed by atoms with van der Waals surface area (Å²) in [6.45, 7) is -0.444. The van der Waals surface area contributed by atoms with Crippen molar-refractivity contribution >= 4 is 39.8 Å². The van der Waals surface area contributed by atoms with Crippen molar-refractivity contribution < 1.29 is 54.6 Å². The van der Waals surface area contributed by atoms with Gasteiger partial charge in [0.15, 0.2) is 5.69 Å². The third-order valence-corrected chi connectivity index (χ3v) is 5.31. The van der Waals surface area contributed by atoms with Crippen molar-refractivity contribution in [3.63, 3.8) is 0 Å². The van der Waals surface area contributed by atoms with Crippen LogP contribution in [0, 0.1) is 5.92 Å². The highest BCUT2D eigenvalue weighted by Gasteiger charge is 2.42. The standard InChI is InChI=1S/C14H14ClF5N4O2S.C2HF3O2/c1-26-6-9-22-24-8(11(14(18,19)20)21-12(24)27-9)5-23-4-7(2-10(23)25)3-13(15,16)17;3-2(4,5)1(6)7/h7H,2-6H2,1H3;(H,6,7). The van der Waals surface area contributed by atoms with E-state index in [0.29, 0.717) is 5.01 Å². The van der Waals surface area contributed by atoms with Crippen LogP contribution in [0.3, 0.4) is 0 Å². The van der Waals surface area contributed by atoms with E-state index in [4.69, 9.17) is 26.2 Å². The molecule has 0 radical (unpaired) electrons. The van der Waals surface area contributed by atoms with Crippen LogP contribution >= 0.6 is 22.9 Å². The molecule has 1 N–H and O–H groups in total. The molecule has 0 saturated carbocycles. The van der Waals surface area contributed by atoms with Gasteiger partial charge in [-0.05, 0) is 17.5 Å². The van der Waals surface area contributed by atoms with E-state index in [1.165, 1.54) is 7.11 Å². The molecular formula is C16H15ClF8N4O4S. The van der Waals surface area contributed by atoms with Crippen molar-refractivity contribution in [1.29, 1.82) is 0 Å². The van der Waals surface area contributed by atoms with Crippen molar-refractivity contribution in [2.45, 2.75) is 43.7 Å². The summed E-state index contributed by atoms with van der Waals surface area (Å²) in [5.41, 5.74) is -1.47. The molecule has 0 bridgehead atoms. The number of methoxy groups -OCH3 is 1. The number of aliphatic carboxylic acids is 1. The van der Waals surface area contributed by atoms with Gasteiger partial charge >= 0.3 is 23.7 Å². The molecule has 1 amide bonds. The summed E-state index contributed by atoms with van der Waals surface area (Å²) >= 11 is 5.84. The van der Waals surface area contributed by atoms with Gasteiger partial charge in [0.25, 0.3) is 0 Å². The van der Waals surface area contributed by atoms with E-state index in [9.17, 15) is 39.9 Å². The summed E-state index contributed by atoms with van der Waals surface area (Å²) in [7, 11) is 1.42. The molecule has 0 aliphatic carbocycles. The zero-order chi connectivity index (χ0) is 26.1. The van der Waals surface area contributed by atoms with E-state index in [1.54, 1.807) is 0 Å². The van der Waals surface area contributed by atoms with Crippen LogP contribution in [0.15, 0.2) is 0 Å². The summed E-state index contributed by atoms with van der Waals surface area (Å²) in [5.74, 6) is -4.01. The monoisotopic (exact) mass is 546 g/mol. The van der Waals surface area contributed by atoms with Crippen LogP contribution in [-0.4, -0.2) is 61.7 Å². The fraction of sp³-hybridized carbons (Fsp3) is 0.625. The number of carboxylic acids is 1. The number of alkyl halides is 9. The lowest BCUT2D eigenvalue weighted by atomic mass is 10.1. The summed E-state index contributed by atoms with van der Waals surface area (Å²) in [4.78, 5) is 25.7. The van der Waals surface area contributed by atoms with Gasteiger partial charge in [0.1, 0.15) is 5.01 Å². The van der Waals surface area contributed by atoms with E-state index < -0.39 is 54.2 Å². The van der Waals surface area contributed by atoms with Gasteiger partial charge in [-0.15, -0.1) is 0 Å². The zero-order valence-electron chi connectivity index (χ0n) is 16.9. The predicted octanol–water partition coefficient (Wildman–Crippen LogP) is 4.16. The Morgan fingerprint density at radius 3 is 2.29 bits per heavy atom. The molecule has 1 aliphatic rings. The molecule has 2 aromatic heterocycles. The minimum Gasteiger partial charge on any atom is -0.475 e. The lowest BCUT2D eigenvalue weighted by molar-refractivity contribution is -0.192. The molecule has 1 aliphatic heterocycles. The highest BCUT2D eigenvalue weighted by atomic mass is 35.5. The van der Waals surface area contributed by atoms with Gasteiger partial charge in [-0.3, -0.25) is 4.79 Å². The van der Waals surface area contributed by atoms with Crippen LogP contribution in [0.1, 0.15) is 29.2 Å². The fourth-order valence-corrected chi connectivity index (χ4v) is 4.13. The summed E-state index contributed by atoms with van der Waals surface area (Å²) < 4.78 is 104. The molecule has 34 heavy (non-hydrogen) atoms. The number of amides is 1. The second-order valence-corrected chi connectivity index (χ2v) is 8.59. The minimum absolute atomic E-state index is 0.0138. The zero-order valence-corrected chi connectivity index (χ0v) is 18.5. The van der Waals surface area contributed by atoms with E-state index in [2.05, 4.69) is 10.1 Å². The first-order valence-electron chi connectivity index (χ1n) is 9.00. The number of halogens is 9. The number of fused-ring (bicyclic) bond motifs is 1. The van der Waals surface area contributed by atoms with Crippen molar-refractivity contribution in [2.24, 2.45) is 5.92 Å². The Balaban J connectivity index is 0.000000509. The summed E-state index contributed by atoms with van der Waals surface area (Å²) in [5, 5.41) is 8.13. The summed E-state index contributed by atoms with van der Waals surface area (Å²) in [6.07, 6.45) is -10.7. The molecule has 0 aromatic carbocycles. The van der Waals surface area contributed by atoms with Crippen molar-refractivity contribution in [2.75, 3.05) is 13.7 Å². The first-order chi connectivity index (χ1) is 15.4. The number of likely N-dealkylation sites (tertiary alicyclic amines) is 1. The number of ether oxygens (including phenoxy) is 1. The van der Waals surface area contributed by atoms with E-state index in [0.717, 1.165) is 20.8 Å². The van der Waals surface area contributed by atoms with Gasteiger partial charge in [0.2, 0.25) is 10.9 Å². The van der Waals surface area contributed by atoms with E-state index in [-0.39, 0.29) is 30.2 Å². The fourth-order valence-electron chi connectivity index (χ4n) is 3.03. The van der Waals surface area contributed by atoms with Crippen LogP contribution in [-0.2, 0) is 33.7 Å². The van der Waals surface area contributed by atoms with E-state index >= 15 is 0 Å². The molecule has 0 spiro atoms. The van der Waals surface area contributed by atoms with Crippen LogP contribution in [0.25, 0.3) is 4.96 Å². The second-order valence-electron chi connectivity index (χ2n) is 6.99. The molecule has 1 unspecified atom stereocenters. The average molecular weight is 547 g/mol. The number of imidazole rings is 1. The molecular weight excluding hydrogens is 532 g/mol. The van der Waals surface area contributed by atoms with Crippen molar-refractivity contribution in [1.82, 2.24) is 19.5 Å². The number of aromatic nitrogens is 3. The van der Waals surface area contributed by atoms with Gasteiger partial charge in [-0.1, -0.05) is 11.3 Å². The maximum Gasteiger partial charge on any atom is 0.490 e. The number of hydrogen-bond donors (Lipinski definition) is 1. The number of carboxylic acid groups (broad SMARTS) is 1. The Morgan fingerprint density at radius 1 is 1.24 bits per heavy atom. The Hall–Kier alpha value is -2.27. The number of carbonyl (C=O) groups excluding carboxylic acids is 1. The Labute approximate surface area is 194 Å². The van der Waals surface area contributed by atoms with Gasteiger partial charge in [-0.25, -0.2) is 14.3 Å². The second kappa shape index (κ2) is 10.2. The maximum absolute atomic E-state index is 13.3. The van der Waals surface area contributed by atoms with Crippen LogP contribution in [0.4, 0.5) is 35.1 Å². The lowest BCUT2D eigenvalue weighted by Crippen LogP contribution is -2.27. The Bertz CT molecular complexity index is 1030. The number of nitrogens with zero attached hydrogens (tertiary/aromatic N) is 4. The van der Waals surface area contributed by atoms with Crippen LogP contribution in [0.5, 0.6) is 0 Å². The van der Waals surface area contributed by atoms with Crippen molar-refractivity contribution in [3.8, 4) is 0 Å². The largest absolute Gasteiger partial charge is 0.490 e. The highest BCUT2D eigenvalue weighted by Crippen LogP contribution is 2.36. The smallest absolute Gasteiger partial charge is 0.475 e. The van der Waals surface area contributed by atoms with Gasteiger partial charge in [-0.2, -0.15) is 40.2 Å². The normalized spacial score (nSPS) is 17.3. The quantitative estimate of drug-likeness (QED) is 0.432. The molecule has 3 heterocycles. The highest BCUT2D eigenvalue weighted by molar-refractivity contribution is 7.16. The third-order valence-electron chi connectivity index (χ3n) is 4.27. The molecule has 3 rings (SSSR count). The molecule has 1 fully saturated rings.